The summed E-state index contributed by atoms with van der Waals surface area (Å²) < 4.78 is 5.50. The summed E-state index contributed by atoms with van der Waals surface area (Å²) in [5.74, 6) is 0.507. The highest BCUT2D eigenvalue weighted by Crippen LogP contribution is 2.16. The number of hydrogen-bond acceptors (Lipinski definition) is 3. The van der Waals surface area contributed by atoms with E-state index in [2.05, 4.69) is 5.32 Å². The summed E-state index contributed by atoms with van der Waals surface area (Å²) >= 11 is 5.81. The van der Waals surface area contributed by atoms with Crippen molar-refractivity contribution in [2.75, 3.05) is 25.0 Å². The molecule has 2 aromatic rings. The topological polar surface area (TPSA) is 58.6 Å². The van der Waals surface area contributed by atoms with Crippen LogP contribution in [-0.4, -0.2) is 36.4 Å². The fraction of sp³-hybridized carbons (Fsp3) is 0.300. The molecule has 0 saturated carbocycles. The molecule has 138 valence electrons. The first kappa shape index (κ1) is 19.8. The highest BCUT2D eigenvalue weighted by atomic mass is 35.5. The van der Waals surface area contributed by atoms with Crippen LogP contribution in [0.3, 0.4) is 0 Å². The molecule has 1 N–H and O–H groups in total. The van der Waals surface area contributed by atoms with Gasteiger partial charge in [-0.25, -0.2) is 0 Å². The molecule has 26 heavy (non-hydrogen) atoms. The van der Waals surface area contributed by atoms with E-state index in [1.807, 2.05) is 13.8 Å². The first-order valence-corrected chi connectivity index (χ1v) is 8.98. The van der Waals surface area contributed by atoms with Gasteiger partial charge in [-0.15, -0.1) is 0 Å². The second-order valence-corrected chi connectivity index (χ2v) is 6.09. The van der Waals surface area contributed by atoms with E-state index in [0.717, 1.165) is 0 Å². The second-order valence-electron chi connectivity index (χ2n) is 5.66. The van der Waals surface area contributed by atoms with E-state index in [1.54, 1.807) is 53.4 Å². The molecule has 2 amide bonds. The molecule has 0 saturated heterocycles. The molecule has 0 aliphatic heterocycles. The predicted molar refractivity (Wildman–Crippen MR) is 104 cm³/mol. The Bertz CT molecular complexity index is 726. The van der Waals surface area contributed by atoms with Crippen molar-refractivity contribution < 1.29 is 14.3 Å². The maximum absolute atomic E-state index is 12.3. The normalized spacial score (nSPS) is 10.3. The average molecular weight is 375 g/mol. The number of rotatable bonds is 8. The highest BCUT2D eigenvalue weighted by molar-refractivity contribution is 6.30. The Morgan fingerprint density at radius 3 is 2.19 bits per heavy atom. The number of carbonyl (C=O) groups is 2. The van der Waals surface area contributed by atoms with Crippen molar-refractivity contribution in [1.82, 2.24) is 4.90 Å². The van der Waals surface area contributed by atoms with Gasteiger partial charge in [0.2, 0.25) is 5.91 Å². The summed E-state index contributed by atoms with van der Waals surface area (Å²) in [6, 6.07) is 13.9. The van der Waals surface area contributed by atoms with Crippen LogP contribution in [0.1, 0.15) is 30.6 Å². The van der Waals surface area contributed by atoms with E-state index in [-0.39, 0.29) is 24.8 Å². The van der Waals surface area contributed by atoms with E-state index < -0.39 is 0 Å². The van der Waals surface area contributed by atoms with Crippen LogP contribution in [0.4, 0.5) is 5.69 Å². The lowest BCUT2D eigenvalue weighted by atomic mass is 10.1. The minimum Gasteiger partial charge on any atom is -0.493 e. The van der Waals surface area contributed by atoms with Crippen LogP contribution < -0.4 is 10.1 Å². The van der Waals surface area contributed by atoms with Crippen LogP contribution in [0.15, 0.2) is 48.5 Å². The minimum atomic E-state index is -0.151. The summed E-state index contributed by atoms with van der Waals surface area (Å²) in [7, 11) is 0. The van der Waals surface area contributed by atoms with Crippen LogP contribution >= 0.6 is 11.6 Å². The van der Waals surface area contributed by atoms with Gasteiger partial charge in [0.25, 0.3) is 5.91 Å². The molecule has 0 fully saturated rings. The fourth-order valence-electron chi connectivity index (χ4n) is 2.41. The maximum Gasteiger partial charge on any atom is 0.253 e. The zero-order chi connectivity index (χ0) is 18.9. The number of carbonyl (C=O) groups excluding carboxylic acids is 2. The minimum absolute atomic E-state index is 0.00996. The van der Waals surface area contributed by atoms with Crippen molar-refractivity contribution in [2.45, 2.75) is 20.3 Å². The number of halogens is 1. The van der Waals surface area contributed by atoms with Gasteiger partial charge in [-0.3, -0.25) is 9.59 Å². The molecular weight excluding hydrogens is 352 g/mol. The van der Waals surface area contributed by atoms with Gasteiger partial charge in [0, 0.05) is 29.4 Å². The van der Waals surface area contributed by atoms with E-state index >= 15 is 0 Å². The van der Waals surface area contributed by atoms with Crippen molar-refractivity contribution in [3.05, 3.63) is 59.1 Å². The summed E-state index contributed by atoms with van der Waals surface area (Å²) in [5, 5.41) is 3.43. The Morgan fingerprint density at radius 2 is 1.62 bits per heavy atom. The molecule has 0 aromatic heterocycles. The molecule has 0 heterocycles. The largest absolute Gasteiger partial charge is 0.493 e. The van der Waals surface area contributed by atoms with Crippen LogP contribution in [0.25, 0.3) is 0 Å². The van der Waals surface area contributed by atoms with Crippen LogP contribution in [-0.2, 0) is 4.79 Å². The van der Waals surface area contributed by atoms with Crippen molar-refractivity contribution in [1.29, 1.82) is 0 Å². The molecule has 2 aromatic carbocycles. The average Bonchev–Trinajstić information content (AvgIpc) is 2.65. The van der Waals surface area contributed by atoms with Crippen LogP contribution in [0, 0.1) is 0 Å². The van der Waals surface area contributed by atoms with Gasteiger partial charge in [0.1, 0.15) is 5.75 Å². The number of nitrogens with one attached hydrogen (secondary N) is 1. The molecule has 0 unspecified atom stereocenters. The highest BCUT2D eigenvalue weighted by Gasteiger charge is 2.12. The third-order valence-electron chi connectivity index (χ3n) is 3.88. The molecule has 0 aliphatic carbocycles. The Kier molecular flexibility index (Phi) is 7.48. The number of benzene rings is 2. The first-order chi connectivity index (χ1) is 12.5. The van der Waals surface area contributed by atoms with Gasteiger partial charge >= 0.3 is 0 Å². The second kappa shape index (κ2) is 9.82. The molecule has 0 aliphatic rings. The maximum atomic E-state index is 12.3. The summed E-state index contributed by atoms with van der Waals surface area (Å²) in [5.41, 5.74) is 1.26. The number of amides is 2. The zero-order valence-corrected chi connectivity index (χ0v) is 15.8. The predicted octanol–water partition coefficient (Wildman–Crippen LogP) is 4.23. The standard InChI is InChI=1S/C20H23ClN2O3/c1-3-23(4-2)20(25)15-5-9-17(10-6-15)22-19(24)13-14-26-18-11-7-16(21)8-12-18/h5-12H,3-4,13-14H2,1-2H3,(H,22,24). The lowest BCUT2D eigenvalue weighted by Gasteiger charge is -2.18. The summed E-state index contributed by atoms with van der Waals surface area (Å²) in [6.07, 6.45) is 0.225. The van der Waals surface area contributed by atoms with Gasteiger partial charge in [0.15, 0.2) is 0 Å². The SMILES string of the molecule is CCN(CC)C(=O)c1ccc(NC(=O)CCOc2ccc(Cl)cc2)cc1. The fourth-order valence-corrected chi connectivity index (χ4v) is 2.53. The monoisotopic (exact) mass is 374 g/mol. The number of nitrogens with zero attached hydrogens (tertiary/aromatic N) is 1. The van der Waals surface area contributed by atoms with Gasteiger partial charge in [0.05, 0.1) is 13.0 Å². The first-order valence-electron chi connectivity index (χ1n) is 8.61. The molecule has 6 heteroatoms. The molecule has 0 atom stereocenters. The van der Waals surface area contributed by atoms with Crippen LogP contribution in [0.2, 0.25) is 5.02 Å². The summed E-state index contributed by atoms with van der Waals surface area (Å²) in [6.45, 7) is 5.50. The molecule has 0 radical (unpaired) electrons. The van der Waals surface area contributed by atoms with E-state index in [0.29, 0.717) is 35.1 Å². The van der Waals surface area contributed by atoms with E-state index in [1.165, 1.54) is 0 Å². The van der Waals surface area contributed by atoms with Gasteiger partial charge in [-0.1, -0.05) is 11.6 Å². The zero-order valence-electron chi connectivity index (χ0n) is 15.0. The smallest absolute Gasteiger partial charge is 0.253 e. The third-order valence-corrected chi connectivity index (χ3v) is 4.13. The molecule has 0 bridgehead atoms. The Balaban J connectivity index is 1.81. The molecule has 5 nitrogen and oxygen atoms in total. The molecule has 0 spiro atoms. The lowest BCUT2D eigenvalue weighted by Crippen LogP contribution is -2.30. The Morgan fingerprint density at radius 1 is 1.00 bits per heavy atom. The molecule has 2 rings (SSSR count). The van der Waals surface area contributed by atoms with Crippen LogP contribution in [0.5, 0.6) is 5.75 Å². The van der Waals surface area contributed by atoms with Crippen molar-refractivity contribution in [3.63, 3.8) is 0 Å². The number of hydrogen-bond donors (Lipinski definition) is 1. The number of anilines is 1. The molecular formula is C20H23ClN2O3. The number of ether oxygens (including phenoxy) is 1. The third kappa shape index (κ3) is 5.77. The van der Waals surface area contributed by atoms with Crippen molar-refractivity contribution in [2.24, 2.45) is 0 Å². The Labute approximate surface area is 158 Å². The Hall–Kier alpha value is -2.53. The van der Waals surface area contributed by atoms with Crippen molar-refractivity contribution >= 4 is 29.1 Å². The lowest BCUT2D eigenvalue weighted by molar-refractivity contribution is -0.116. The van der Waals surface area contributed by atoms with E-state index in [9.17, 15) is 9.59 Å². The van der Waals surface area contributed by atoms with Gasteiger partial charge in [-0.2, -0.15) is 0 Å². The van der Waals surface area contributed by atoms with Gasteiger partial charge < -0.3 is 15.0 Å². The summed E-state index contributed by atoms with van der Waals surface area (Å²) in [4.78, 5) is 26.0. The van der Waals surface area contributed by atoms with E-state index in [4.69, 9.17) is 16.3 Å². The van der Waals surface area contributed by atoms with Crippen molar-refractivity contribution in [3.8, 4) is 5.75 Å². The quantitative estimate of drug-likeness (QED) is 0.752. The van der Waals surface area contributed by atoms with Gasteiger partial charge in [-0.05, 0) is 62.4 Å².